The number of aromatic carboxylic acids is 1. The van der Waals surface area contributed by atoms with E-state index in [4.69, 9.17) is 4.74 Å². The fraction of sp³-hybridized carbons (Fsp3) is 0.182. The summed E-state index contributed by atoms with van der Waals surface area (Å²) >= 11 is 0. The number of carbonyl (C=O) groups is 1. The number of ether oxygens (including phenoxy) is 1. The molecule has 1 heterocycles. The summed E-state index contributed by atoms with van der Waals surface area (Å²) in [5.41, 5.74) is 4.49. The van der Waals surface area contributed by atoms with Gasteiger partial charge in [0.2, 0.25) is 0 Å². The molecule has 5 heteroatoms. The van der Waals surface area contributed by atoms with Gasteiger partial charge in [0.25, 0.3) is 0 Å². The predicted molar refractivity (Wildman–Crippen MR) is 102 cm³/mol. The summed E-state index contributed by atoms with van der Waals surface area (Å²) in [5, 5.41) is 9.43. The molecular formula is C22H20FNO3. The summed E-state index contributed by atoms with van der Waals surface area (Å²) < 4.78 is 19.4. The molecule has 0 aliphatic rings. The lowest BCUT2D eigenvalue weighted by Crippen LogP contribution is -2.04. The van der Waals surface area contributed by atoms with Crippen LogP contribution in [0.15, 0.2) is 48.7 Å². The number of benzene rings is 2. The van der Waals surface area contributed by atoms with Crippen LogP contribution in [0.4, 0.5) is 4.39 Å². The van der Waals surface area contributed by atoms with Crippen LogP contribution >= 0.6 is 0 Å². The summed E-state index contributed by atoms with van der Waals surface area (Å²) in [6, 6.07) is 11.8. The van der Waals surface area contributed by atoms with Gasteiger partial charge < -0.3 is 9.84 Å². The number of carboxylic acids is 1. The Labute approximate surface area is 157 Å². The number of aryl methyl sites for hydroxylation is 2. The quantitative estimate of drug-likeness (QED) is 0.705. The molecule has 0 atom stereocenters. The van der Waals surface area contributed by atoms with Crippen LogP contribution < -0.4 is 4.74 Å². The van der Waals surface area contributed by atoms with Gasteiger partial charge in [0.1, 0.15) is 11.6 Å². The second-order valence-corrected chi connectivity index (χ2v) is 6.50. The van der Waals surface area contributed by atoms with E-state index in [1.54, 1.807) is 24.4 Å². The largest absolute Gasteiger partial charge is 0.497 e. The highest BCUT2D eigenvalue weighted by Gasteiger charge is 2.14. The minimum absolute atomic E-state index is 0.288. The lowest BCUT2D eigenvalue weighted by atomic mass is 9.97. The van der Waals surface area contributed by atoms with E-state index in [1.807, 2.05) is 32.0 Å². The van der Waals surface area contributed by atoms with Crippen molar-refractivity contribution in [1.29, 1.82) is 0 Å². The number of halogens is 1. The zero-order valence-corrected chi connectivity index (χ0v) is 15.4. The SMILES string of the molecule is COc1ccc(F)c(-c2ncc(Cc3ccc(C)cc3C(=O)O)cc2C)c1. The third-order valence-electron chi connectivity index (χ3n) is 4.45. The first-order valence-electron chi connectivity index (χ1n) is 8.51. The van der Waals surface area contributed by atoms with Gasteiger partial charge in [0, 0.05) is 11.8 Å². The molecule has 0 fully saturated rings. The maximum absolute atomic E-state index is 14.2. The van der Waals surface area contributed by atoms with Gasteiger partial charge in [-0.25, -0.2) is 9.18 Å². The van der Waals surface area contributed by atoms with Crippen LogP contribution in [0.2, 0.25) is 0 Å². The number of carboxylic acid groups (broad SMARTS) is 1. The van der Waals surface area contributed by atoms with Crippen molar-refractivity contribution >= 4 is 5.97 Å². The smallest absolute Gasteiger partial charge is 0.335 e. The maximum atomic E-state index is 14.2. The Kier molecular flexibility index (Phi) is 5.21. The third-order valence-corrected chi connectivity index (χ3v) is 4.45. The van der Waals surface area contributed by atoms with Crippen molar-refractivity contribution in [1.82, 2.24) is 4.98 Å². The van der Waals surface area contributed by atoms with E-state index >= 15 is 0 Å². The molecule has 0 bridgehead atoms. The molecule has 138 valence electrons. The molecule has 0 aliphatic carbocycles. The Hall–Kier alpha value is -3.21. The van der Waals surface area contributed by atoms with Crippen LogP contribution in [0.25, 0.3) is 11.3 Å². The predicted octanol–water partition coefficient (Wildman–Crippen LogP) is 4.80. The molecule has 1 aromatic heterocycles. The van der Waals surface area contributed by atoms with Gasteiger partial charge in [-0.05, 0) is 61.2 Å². The van der Waals surface area contributed by atoms with Crippen LogP contribution in [0.1, 0.15) is 32.6 Å². The van der Waals surface area contributed by atoms with Gasteiger partial charge in [0.05, 0.1) is 18.4 Å². The standard InChI is InChI=1S/C22H20FNO3/c1-13-4-5-16(18(8-13)22(25)26)10-15-9-14(2)21(24-12-15)19-11-17(27-3)6-7-20(19)23/h4-9,11-12H,10H2,1-3H3,(H,25,26). The van der Waals surface area contributed by atoms with Gasteiger partial charge in [-0.15, -0.1) is 0 Å². The number of pyridine rings is 1. The van der Waals surface area contributed by atoms with Crippen molar-refractivity contribution in [3.8, 4) is 17.0 Å². The molecule has 0 amide bonds. The zero-order valence-electron chi connectivity index (χ0n) is 15.4. The summed E-state index contributed by atoms with van der Waals surface area (Å²) in [5.74, 6) is -0.762. The Morgan fingerprint density at radius 1 is 1.15 bits per heavy atom. The monoisotopic (exact) mass is 365 g/mol. The fourth-order valence-electron chi connectivity index (χ4n) is 3.09. The van der Waals surface area contributed by atoms with Gasteiger partial charge in [-0.3, -0.25) is 4.98 Å². The first-order valence-corrected chi connectivity index (χ1v) is 8.51. The molecule has 1 N–H and O–H groups in total. The molecule has 0 unspecified atom stereocenters. The molecule has 0 spiro atoms. The van der Waals surface area contributed by atoms with Crippen molar-refractivity contribution < 1.29 is 19.0 Å². The molecule has 0 radical (unpaired) electrons. The molecule has 3 aromatic rings. The van der Waals surface area contributed by atoms with Crippen LogP contribution in [-0.2, 0) is 6.42 Å². The van der Waals surface area contributed by atoms with E-state index in [-0.39, 0.29) is 11.4 Å². The third kappa shape index (κ3) is 3.97. The van der Waals surface area contributed by atoms with Crippen molar-refractivity contribution in [2.45, 2.75) is 20.3 Å². The number of methoxy groups -OCH3 is 1. The molecule has 0 saturated carbocycles. The Morgan fingerprint density at radius 3 is 2.59 bits per heavy atom. The normalized spacial score (nSPS) is 10.7. The van der Waals surface area contributed by atoms with E-state index < -0.39 is 5.97 Å². The van der Waals surface area contributed by atoms with Crippen molar-refractivity contribution in [2.75, 3.05) is 7.11 Å². The van der Waals surface area contributed by atoms with E-state index in [2.05, 4.69) is 4.98 Å². The fourth-order valence-corrected chi connectivity index (χ4v) is 3.09. The lowest BCUT2D eigenvalue weighted by Gasteiger charge is -2.11. The highest BCUT2D eigenvalue weighted by Crippen LogP contribution is 2.29. The summed E-state index contributed by atoms with van der Waals surface area (Å²) in [7, 11) is 1.53. The van der Waals surface area contributed by atoms with Gasteiger partial charge >= 0.3 is 5.97 Å². The maximum Gasteiger partial charge on any atom is 0.335 e. The Bertz CT molecular complexity index is 1010. The summed E-state index contributed by atoms with van der Waals surface area (Å²) in [6.45, 7) is 3.72. The van der Waals surface area contributed by atoms with Gasteiger partial charge in [-0.1, -0.05) is 23.8 Å². The molecule has 0 aliphatic heterocycles. The zero-order chi connectivity index (χ0) is 19.6. The summed E-state index contributed by atoms with van der Waals surface area (Å²) in [6.07, 6.45) is 2.10. The van der Waals surface area contributed by atoms with Crippen LogP contribution in [0, 0.1) is 19.7 Å². The average molecular weight is 365 g/mol. The van der Waals surface area contributed by atoms with Crippen molar-refractivity contribution in [3.63, 3.8) is 0 Å². The van der Waals surface area contributed by atoms with Crippen LogP contribution in [0.3, 0.4) is 0 Å². The Balaban J connectivity index is 1.96. The number of hydrogen-bond acceptors (Lipinski definition) is 3. The van der Waals surface area contributed by atoms with Crippen molar-refractivity contribution in [2.24, 2.45) is 0 Å². The molecule has 2 aromatic carbocycles. The lowest BCUT2D eigenvalue weighted by molar-refractivity contribution is 0.0695. The van der Waals surface area contributed by atoms with Crippen LogP contribution in [-0.4, -0.2) is 23.2 Å². The highest BCUT2D eigenvalue weighted by molar-refractivity contribution is 5.89. The highest BCUT2D eigenvalue weighted by atomic mass is 19.1. The average Bonchev–Trinajstić information content (AvgIpc) is 2.64. The number of rotatable bonds is 5. The van der Waals surface area contributed by atoms with E-state index in [0.29, 0.717) is 23.4 Å². The second kappa shape index (κ2) is 7.58. The first kappa shape index (κ1) is 18.6. The van der Waals surface area contributed by atoms with Crippen LogP contribution in [0.5, 0.6) is 5.75 Å². The summed E-state index contributed by atoms with van der Waals surface area (Å²) in [4.78, 5) is 15.9. The topological polar surface area (TPSA) is 59.4 Å². The number of hydrogen-bond donors (Lipinski definition) is 1. The van der Waals surface area contributed by atoms with E-state index in [0.717, 1.165) is 22.3 Å². The molecule has 27 heavy (non-hydrogen) atoms. The molecule has 4 nitrogen and oxygen atoms in total. The number of nitrogens with zero attached hydrogens (tertiary/aromatic N) is 1. The molecule has 3 rings (SSSR count). The minimum Gasteiger partial charge on any atom is -0.497 e. The molecular weight excluding hydrogens is 345 g/mol. The van der Waals surface area contributed by atoms with E-state index in [1.165, 1.54) is 13.2 Å². The molecule has 0 saturated heterocycles. The first-order chi connectivity index (χ1) is 12.9. The van der Waals surface area contributed by atoms with Gasteiger partial charge in [0.15, 0.2) is 0 Å². The second-order valence-electron chi connectivity index (χ2n) is 6.50. The minimum atomic E-state index is -0.951. The van der Waals surface area contributed by atoms with E-state index in [9.17, 15) is 14.3 Å². The Morgan fingerprint density at radius 2 is 1.93 bits per heavy atom. The number of aromatic nitrogens is 1. The van der Waals surface area contributed by atoms with Crippen molar-refractivity contribution in [3.05, 3.63) is 82.3 Å². The van der Waals surface area contributed by atoms with Gasteiger partial charge in [-0.2, -0.15) is 0 Å².